The van der Waals surface area contributed by atoms with Gasteiger partial charge < -0.3 is 9.47 Å². The molecule has 0 aliphatic rings. The van der Waals surface area contributed by atoms with E-state index in [1.54, 1.807) is 18.2 Å². The second-order valence-electron chi connectivity index (χ2n) is 5.66. The van der Waals surface area contributed by atoms with Crippen molar-refractivity contribution in [3.8, 4) is 5.75 Å². The van der Waals surface area contributed by atoms with E-state index >= 15 is 0 Å². The molecule has 0 amide bonds. The number of esters is 1. The SMILES string of the molecule is COc1ccc(C(=O)COC(=O)c2cccc(S(=O)(=O)N(C)C)c2)cc1Br. The van der Waals surface area contributed by atoms with Crippen molar-refractivity contribution in [1.82, 2.24) is 4.31 Å². The Hall–Kier alpha value is -2.23. The first-order chi connectivity index (χ1) is 12.7. The maximum absolute atomic E-state index is 12.2. The summed E-state index contributed by atoms with van der Waals surface area (Å²) in [7, 11) is 0.621. The van der Waals surface area contributed by atoms with Crippen LogP contribution in [0.2, 0.25) is 0 Å². The first-order valence-corrected chi connectivity index (χ1v) is 9.96. The summed E-state index contributed by atoms with van der Waals surface area (Å²) in [6.45, 7) is -0.470. The summed E-state index contributed by atoms with van der Waals surface area (Å²) in [5.41, 5.74) is 0.390. The van der Waals surface area contributed by atoms with Crippen LogP contribution in [-0.4, -0.2) is 52.3 Å². The van der Waals surface area contributed by atoms with Crippen molar-refractivity contribution in [2.75, 3.05) is 27.8 Å². The molecule has 2 aromatic carbocycles. The number of methoxy groups -OCH3 is 1. The monoisotopic (exact) mass is 455 g/mol. The van der Waals surface area contributed by atoms with E-state index in [1.165, 1.54) is 45.5 Å². The van der Waals surface area contributed by atoms with Gasteiger partial charge in [-0.05, 0) is 52.3 Å². The molecule has 2 rings (SSSR count). The highest BCUT2D eigenvalue weighted by molar-refractivity contribution is 9.10. The summed E-state index contributed by atoms with van der Waals surface area (Å²) in [5, 5.41) is 0. The highest BCUT2D eigenvalue weighted by Gasteiger charge is 2.20. The number of carbonyl (C=O) groups is 2. The maximum Gasteiger partial charge on any atom is 0.338 e. The van der Waals surface area contributed by atoms with Crippen molar-refractivity contribution in [2.45, 2.75) is 4.90 Å². The van der Waals surface area contributed by atoms with Crippen LogP contribution in [0.4, 0.5) is 0 Å². The van der Waals surface area contributed by atoms with Gasteiger partial charge in [0.1, 0.15) is 5.75 Å². The fourth-order valence-corrected chi connectivity index (χ4v) is 3.62. The molecular formula is C18H18BrNO6S. The summed E-state index contributed by atoms with van der Waals surface area (Å²) in [4.78, 5) is 24.4. The minimum atomic E-state index is -3.68. The fraction of sp³-hybridized carbons (Fsp3) is 0.222. The lowest BCUT2D eigenvalue weighted by atomic mass is 10.1. The molecule has 144 valence electrons. The molecule has 0 bridgehead atoms. The molecule has 0 saturated carbocycles. The average molecular weight is 456 g/mol. The summed E-state index contributed by atoms with van der Waals surface area (Å²) >= 11 is 3.28. The van der Waals surface area contributed by atoms with E-state index in [9.17, 15) is 18.0 Å². The van der Waals surface area contributed by atoms with E-state index in [0.29, 0.717) is 15.8 Å². The van der Waals surface area contributed by atoms with Gasteiger partial charge in [-0.25, -0.2) is 17.5 Å². The molecule has 9 heteroatoms. The Kier molecular flexibility index (Phi) is 6.74. The smallest absolute Gasteiger partial charge is 0.338 e. The Morgan fingerprint density at radius 3 is 2.37 bits per heavy atom. The van der Waals surface area contributed by atoms with E-state index in [4.69, 9.17) is 9.47 Å². The zero-order valence-corrected chi connectivity index (χ0v) is 17.3. The summed E-state index contributed by atoms with van der Waals surface area (Å²) in [6, 6.07) is 10.2. The highest BCUT2D eigenvalue weighted by Crippen LogP contribution is 2.25. The minimum Gasteiger partial charge on any atom is -0.496 e. The van der Waals surface area contributed by atoms with Crippen LogP contribution in [0.5, 0.6) is 5.75 Å². The number of Topliss-reactive ketones (excluding diaryl/α,β-unsaturated/α-hetero) is 1. The van der Waals surface area contributed by atoms with E-state index in [1.807, 2.05) is 0 Å². The third-order valence-corrected chi connectivity index (χ3v) is 6.09. The zero-order valence-electron chi connectivity index (χ0n) is 14.9. The van der Waals surface area contributed by atoms with Gasteiger partial charge in [-0.1, -0.05) is 6.07 Å². The van der Waals surface area contributed by atoms with Crippen molar-refractivity contribution in [3.63, 3.8) is 0 Å². The third-order valence-electron chi connectivity index (χ3n) is 3.66. The molecule has 27 heavy (non-hydrogen) atoms. The summed E-state index contributed by atoms with van der Waals surface area (Å²) in [6.07, 6.45) is 0. The topological polar surface area (TPSA) is 90.0 Å². The number of benzene rings is 2. The Morgan fingerprint density at radius 1 is 1.07 bits per heavy atom. The van der Waals surface area contributed by atoms with Crippen LogP contribution in [-0.2, 0) is 14.8 Å². The Labute approximate surface area is 166 Å². The van der Waals surface area contributed by atoms with E-state index in [0.717, 1.165) is 4.31 Å². The largest absolute Gasteiger partial charge is 0.496 e. The van der Waals surface area contributed by atoms with Crippen LogP contribution in [0.25, 0.3) is 0 Å². The number of rotatable bonds is 7. The Balaban J connectivity index is 2.10. The second-order valence-corrected chi connectivity index (χ2v) is 8.67. The zero-order chi connectivity index (χ0) is 20.2. The average Bonchev–Trinajstić information content (AvgIpc) is 2.65. The van der Waals surface area contributed by atoms with Crippen LogP contribution in [0.3, 0.4) is 0 Å². The number of ether oxygens (including phenoxy) is 2. The normalized spacial score (nSPS) is 11.3. The fourth-order valence-electron chi connectivity index (χ4n) is 2.13. The number of halogens is 1. The lowest BCUT2D eigenvalue weighted by Gasteiger charge is -2.12. The van der Waals surface area contributed by atoms with Crippen LogP contribution in [0, 0.1) is 0 Å². The van der Waals surface area contributed by atoms with Gasteiger partial charge in [0.05, 0.1) is 22.0 Å². The molecule has 0 aromatic heterocycles. The van der Waals surface area contributed by atoms with Gasteiger partial charge >= 0.3 is 5.97 Å². The van der Waals surface area contributed by atoms with Gasteiger partial charge in [0.15, 0.2) is 12.4 Å². The molecule has 0 fully saturated rings. The van der Waals surface area contributed by atoms with E-state index in [-0.39, 0.29) is 10.5 Å². The number of nitrogens with zero attached hydrogens (tertiary/aromatic N) is 1. The van der Waals surface area contributed by atoms with Crippen molar-refractivity contribution in [2.24, 2.45) is 0 Å². The van der Waals surface area contributed by atoms with Crippen molar-refractivity contribution in [3.05, 3.63) is 58.1 Å². The molecule has 0 saturated heterocycles. The maximum atomic E-state index is 12.2. The molecule has 2 aromatic rings. The minimum absolute atomic E-state index is 0.0349. The van der Waals surface area contributed by atoms with Crippen molar-refractivity contribution in [1.29, 1.82) is 0 Å². The Bertz CT molecular complexity index is 972. The van der Waals surface area contributed by atoms with E-state index in [2.05, 4.69) is 15.9 Å². The summed E-state index contributed by atoms with van der Waals surface area (Å²) < 4.78 is 36.1. The van der Waals surface area contributed by atoms with Gasteiger partial charge in [-0.3, -0.25) is 4.79 Å². The molecule has 0 aliphatic carbocycles. The van der Waals surface area contributed by atoms with Gasteiger partial charge in [-0.15, -0.1) is 0 Å². The van der Waals surface area contributed by atoms with Crippen LogP contribution in [0.1, 0.15) is 20.7 Å². The van der Waals surface area contributed by atoms with E-state index < -0.39 is 28.4 Å². The molecular weight excluding hydrogens is 438 g/mol. The van der Waals surface area contributed by atoms with Gasteiger partial charge in [0.25, 0.3) is 0 Å². The predicted molar refractivity (Wildman–Crippen MR) is 103 cm³/mol. The highest BCUT2D eigenvalue weighted by atomic mass is 79.9. The first-order valence-electron chi connectivity index (χ1n) is 7.73. The molecule has 0 radical (unpaired) electrons. The molecule has 0 heterocycles. The number of hydrogen-bond acceptors (Lipinski definition) is 6. The van der Waals surface area contributed by atoms with Gasteiger partial charge in [-0.2, -0.15) is 0 Å². The van der Waals surface area contributed by atoms with Crippen LogP contribution in [0.15, 0.2) is 51.8 Å². The lowest BCUT2D eigenvalue weighted by Crippen LogP contribution is -2.22. The predicted octanol–water partition coefficient (Wildman–Crippen LogP) is 2.75. The molecule has 0 unspecified atom stereocenters. The van der Waals surface area contributed by atoms with Gasteiger partial charge in [0.2, 0.25) is 10.0 Å². The second kappa shape index (κ2) is 8.64. The number of hydrogen-bond donors (Lipinski definition) is 0. The lowest BCUT2D eigenvalue weighted by molar-refractivity contribution is 0.0474. The Morgan fingerprint density at radius 2 is 1.78 bits per heavy atom. The number of carbonyl (C=O) groups excluding carboxylic acids is 2. The summed E-state index contributed by atoms with van der Waals surface area (Å²) in [5.74, 6) is -0.613. The number of sulfonamides is 1. The van der Waals surface area contributed by atoms with Crippen LogP contribution < -0.4 is 4.74 Å². The van der Waals surface area contributed by atoms with Gasteiger partial charge in [0, 0.05) is 19.7 Å². The molecule has 7 nitrogen and oxygen atoms in total. The third kappa shape index (κ3) is 4.94. The van der Waals surface area contributed by atoms with Crippen molar-refractivity contribution >= 4 is 37.7 Å². The quantitative estimate of drug-likeness (QED) is 0.470. The molecule has 0 spiro atoms. The number of ketones is 1. The molecule has 0 N–H and O–H groups in total. The first kappa shape index (κ1) is 21.1. The van der Waals surface area contributed by atoms with Crippen LogP contribution >= 0.6 is 15.9 Å². The van der Waals surface area contributed by atoms with Crippen molar-refractivity contribution < 1.29 is 27.5 Å². The molecule has 0 aliphatic heterocycles. The standard InChI is InChI=1S/C18H18BrNO6S/c1-20(2)27(23,24)14-6-4-5-13(9-14)18(22)26-11-16(21)12-7-8-17(25-3)15(19)10-12/h4-10H,11H2,1-3H3. The molecule has 0 atom stereocenters.